The lowest BCUT2D eigenvalue weighted by atomic mass is 9.48. The van der Waals surface area contributed by atoms with Gasteiger partial charge in [0.15, 0.2) is 5.78 Å². The summed E-state index contributed by atoms with van der Waals surface area (Å²) >= 11 is 7.81. The zero-order chi connectivity index (χ0) is 16.6. The molecule has 0 bridgehead atoms. The molecule has 3 saturated carbocycles. The second-order valence-electron chi connectivity index (χ2n) is 8.17. The molecule has 4 heteroatoms. The Morgan fingerprint density at radius 1 is 1.13 bits per heavy atom. The summed E-state index contributed by atoms with van der Waals surface area (Å²) in [6, 6.07) is 0. The minimum absolute atomic E-state index is 0.0655. The highest BCUT2D eigenvalue weighted by molar-refractivity contribution is 9.12. The van der Waals surface area contributed by atoms with E-state index >= 15 is 0 Å². The number of ketones is 2. The summed E-state index contributed by atoms with van der Waals surface area (Å²) in [6.45, 7) is 4.48. The van der Waals surface area contributed by atoms with Gasteiger partial charge in [0.05, 0.1) is 0 Å². The maximum Gasteiger partial charge on any atom is 0.178 e. The minimum Gasteiger partial charge on any atom is -0.299 e. The van der Waals surface area contributed by atoms with Gasteiger partial charge < -0.3 is 0 Å². The molecule has 0 saturated heterocycles. The molecule has 0 heterocycles. The maximum absolute atomic E-state index is 12.5. The molecule has 7 atom stereocenters. The minimum atomic E-state index is -0.133. The van der Waals surface area contributed by atoms with E-state index in [2.05, 4.69) is 51.8 Å². The first-order chi connectivity index (χ1) is 10.8. The fourth-order valence-electron chi connectivity index (χ4n) is 5.90. The van der Waals surface area contributed by atoms with Crippen LogP contribution in [0.5, 0.6) is 0 Å². The van der Waals surface area contributed by atoms with Crippen molar-refractivity contribution in [2.45, 2.75) is 49.2 Å². The normalized spacial score (nSPS) is 51.8. The molecule has 0 N–H and O–H groups in total. The van der Waals surface area contributed by atoms with Crippen LogP contribution in [-0.4, -0.2) is 21.2 Å². The third-order valence-electron chi connectivity index (χ3n) is 7.27. The van der Waals surface area contributed by atoms with Crippen molar-refractivity contribution < 1.29 is 9.59 Å². The SMILES string of the molecule is C[C@]12C=CC(=O)C=C1[C@H](Br)[C@@H](Br)[C@@H]1[C@@H]2CC[C@]2(C)C(=O)CC[C@@H]12. The Morgan fingerprint density at radius 3 is 2.61 bits per heavy atom. The van der Waals surface area contributed by atoms with E-state index < -0.39 is 0 Å². The molecule has 0 aromatic heterocycles. The van der Waals surface area contributed by atoms with Gasteiger partial charge in [-0.2, -0.15) is 0 Å². The second kappa shape index (κ2) is 5.14. The molecule has 124 valence electrons. The van der Waals surface area contributed by atoms with E-state index in [1.54, 1.807) is 6.08 Å². The van der Waals surface area contributed by atoms with Crippen LogP contribution < -0.4 is 0 Å². The summed E-state index contributed by atoms with van der Waals surface area (Å²) in [5.41, 5.74) is 1.01. The van der Waals surface area contributed by atoms with E-state index in [1.165, 1.54) is 5.57 Å². The van der Waals surface area contributed by atoms with Crippen molar-refractivity contribution in [1.82, 2.24) is 0 Å². The number of carbonyl (C=O) groups excluding carboxylic acids is 2. The van der Waals surface area contributed by atoms with E-state index in [-0.39, 0.29) is 26.3 Å². The van der Waals surface area contributed by atoms with Crippen LogP contribution in [-0.2, 0) is 9.59 Å². The lowest BCUT2D eigenvalue weighted by Gasteiger charge is -2.58. The predicted molar refractivity (Wildman–Crippen MR) is 97.8 cm³/mol. The van der Waals surface area contributed by atoms with E-state index in [0.29, 0.717) is 23.5 Å². The van der Waals surface area contributed by atoms with Crippen LogP contribution in [0.25, 0.3) is 0 Å². The summed E-state index contributed by atoms with van der Waals surface area (Å²) in [4.78, 5) is 24.8. The number of carbonyl (C=O) groups is 2. The first-order valence-corrected chi connectivity index (χ1v) is 10.4. The Hall–Kier alpha value is -0.220. The molecule has 0 radical (unpaired) electrons. The highest BCUT2D eigenvalue weighted by Crippen LogP contribution is 2.65. The first kappa shape index (κ1) is 16.3. The molecule has 23 heavy (non-hydrogen) atoms. The molecule has 0 amide bonds. The highest BCUT2D eigenvalue weighted by atomic mass is 79.9. The first-order valence-electron chi connectivity index (χ1n) is 8.56. The molecule has 3 fully saturated rings. The van der Waals surface area contributed by atoms with E-state index in [1.807, 2.05) is 6.08 Å². The molecule has 2 nitrogen and oxygen atoms in total. The largest absolute Gasteiger partial charge is 0.299 e. The number of hydrogen-bond donors (Lipinski definition) is 0. The summed E-state index contributed by atoms with van der Waals surface area (Å²) in [6.07, 6.45) is 9.53. The topological polar surface area (TPSA) is 34.1 Å². The van der Waals surface area contributed by atoms with Crippen molar-refractivity contribution in [3.05, 3.63) is 23.8 Å². The number of fused-ring (bicyclic) bond motifs is 5. The van der Waals surface area contributed by atoms with Gasteiger partial charge in [-0.3, -0.25) is 9.59 Å². The van der Waals surface area contributed by atoms with Crippen LogP contribution in [0.15, 0.2) is 23.8 Å². The average Bonchev–Trinajstić information content (AvgIpc) is 2.82. The monoisotopic (exact) mass is 440 g/mol. The van der Waals surface area contributed by atoms with Gasteiger partial charge in [-0.15, -0.1) is 0 Å². The molecule has 0 spiro atoms. The molecule has 0 unspecified atom stereocenters. The number of allylic oxidation sites excluding steroid dienone is 4. The van der Waals surface area contributed by atoms with Crippen molar-refractivity contribution in [1.29, 1.82) is 0 Å². The van der Waals surface area contributed by atoms with Crippen LogP contribution in [0.3, 0.4) is 0 Å². The Bertz CT molecular complexity index is 652. The van der Waals surface area contributed by atoms with Gasteiger partial charge in [0.2, 0.25) is 0 Å². The third kappa shape index (κ3) is 2.03. The Kier molecular flexibility index (Phi) is 3.63. The molecule has 0 aromatic carbocycles. The standard InChI is InChI=1S/C19H22Br2O2/c1-18-7-5-10(22)9-13(18)16(20)17(21)15-11-3-4-14(23)19(11,2)8-6-12(15)18/h5,7,9,11-12,15-17H,3-4,6,8H2,1-2H3/t11-,12-,15-,16-,17-,18+,19-/m0/s1. The molecule has 4 aliphatic carbocycles. The Morgan fingerprint density at radius 2 is 1.87 bits per heavy atom. The zero-order valence-electron chi connectivity index (χ0n) is 13.5. The average molecular weight is 442 g/mol. The fourth-order valence-corrected chi connectivity index (χ4v) is 7.90. The lowest BCUT2D eigenvalue weighted by molar-refractivity contribution is -0.131. The molecule has 0 aliphatic heterocycles. The highest BCUT2D eigenvalue weighted by Gasteiger charge is 2.62. The van der Waals surface area contributed by atoms with Gasteiger partial charge in [0.25, 0.3) is 0 Å². The molecule has 4 rings (SSSR count). The van der Waals surface area contributed by atoms with Crippen molar-refractivity contribution in [3.63, 3.8) is 0 Å². The molecular weight excluding hydrogens is 420 g/mol. The van der Waals surface area contributed by atoms with Crippen LogP contribution in [0.1, 0.15) is 39.5 Å². The zero-order valence-corrected chi connectivity index (χ0v) is 16.7. The van der Waals surface area contributed by atoms with Gasteiger partial charge >= 0.3 is 0 Å². The smallest absolute Gasteiger partial charge is 0.178 e. The number of halogens is 2. The Labute approximate surface area is 154 Å². The van der Waals surface area contributed by atoms with Crippen molar-refractivity contribution >= 4 is 43.4 Å². The van der Waals surface area contributed by atoms with Crippen LogP contribution in [0, 0.1) is 28.6 Å². The van der Waals surface area contributed by atoms with E-state index in [4.69, 9.17) is 0 Å². The van der Waals surface area contributed by atoms with Crippen molar-refractivity contribution in [2.24, 2.45) is 28.6 Å². The number of hydrogen-bond acceptors (Lipinski definition) is 2. The quantitative estimate of drug-likeness (QED) is 0.514. The predicted octanol–water partition coefficient (Wildman–Crippen LogP) is 4.61. The molecule has 0 aromatic rings. The van der Waals surface area contributed by atoms with Crippen molar-refractivity contribution in [3.8, 4) is 0 Å². The van der Waals surface area contributed by atoms with Gasteiger partial charge in [-0.25, -0.2) is 0 Å². The van der Waals surface area contributed by atoms with Crippen molar-refractivity contribution in [2.75, 3.05) is 0 Å². The number of Topliss-reactive ketones (excluding diaryl/α,β-unsaturated/α-hetero) is 1. The Balaban J connectivity index is 1.81. The van der Waals surface area contributed by atoms with Gasteiger partial charge in [-0.05, 0) is 54.7 Å². The van der Waals surface area contributed by atoms with Crippen LogP contribution in [0.4, 0.5) is 0 Å². The summed E-state index contributed by atoms with van der Waals surface area (Å²) in [7, 11) is 0. The number of alkyl halides is 2. The van der Waals surface area contributed by atoms with Crippen LogP contribution in [0.2, 0.25) is 0 Å². The van der Waals surface area contributed by atoms with Crippen LogP contribution >= 0.6 is 31.9 Å². The molecular formula is C19H22Br2O2. The molecule has 4 aliphatic rings. The van der Waals surface area contributed by atoms with Gasteiger partial charge in [-0.1, -0.05) is 51.8 Å². The summed E-state index contributed by atoms with van der Waals surface area (Å²) in [5.74, 6) is 2.00. The maximum atomic E-state index is 12.5. The fraction of sp³-hybridized carbons (Fsp3) is 0.684. The summed E-state index contributed by atoms with van der Waals surface area (Å²) < 4.78 is 0. The second-order valence-corrected chi connectivity index (χ2v) is 10.2. The lowest BCUT2D eigenvalue weighted by Crippen LogP contribution is -2.56. The van der Waals surface area contributed by atoms with Gasteiger partial charge in [0, 0.05) is 26.9 Å². The number of rotatable bonds is 0. The van der Waals surface area contributed by atoms with Gasteiger partial charge in [0.1, 0.15) is 5.78 Å². The summed E-state index contributed by atoms with van der Waals surface area (Å²) in [5, 5.41) is 0. The van der Waals surface area contributed by atoms with E-state index in [0.717, 1.165) is 25.7 Å². The van der Waals surface area contributed by atoms with E-state index in [9.17, 15) is 9.59 Å². The third-order valence-corrected chi connectivity index (χ3v) is 10.2.